The molecule has 32 heavy (non-hydrogen) atoms. The summed E-state index contributed by atoms with van der Waals surface area (Å²) in [5.41, 5.74) is 8.64. The van der Waals surface area contributed by atoms with Crippen LogP contribution in [0, 0.1) is 6.92 Å². The number of rotatable bonds is 8. The topological polar surface area (TPSA) is 85.5 Å². The number of para-hydroxylation sites is 2. The molecule has 0 radical (unpaired) electrons. The minimum Gasteiger partial charge on any atom is -0.491 e. The summed E-state index contributed by atoms with van der Waals surface area (Å²) in [5, 5.41) is 0.899. The smallest absolute Gasteiger partial charge is 0.258 e. The van der Waals surface area contributed by atoms with Crippen LogP contribution in [0.15, 0.2) is 54.7 Å². The van der Waals surface area contributed by atoms with Crippen molar-refractivity contribution in [2.75, 3.05) is 18.6 Å². The lowest BCUT2D eigenvalue weighted by Gasteiger charge is -2.21. The minimum atomic E-state index is -0.376. The first kappa shape index (κ1) is 23.6. The number of hydrogen-bond acceptors (Lipinski definition) is 4. The van der Waals surface area contributed by atoms with E-state index in [0.29, 0.717) is 45.8 Å². The van der Waals surface area contributed by atoms with Crippen molar-refractivity contribution in [2.24, 2.45) is 5.73 Å². The lowest BCUT2D eigenvalue weighted by atomic mass is 10.0. The molecule has 0 saturated heterocycles. The predicted molar refractivity (Wildman–Crippen MR) is 128 cm³/mol. The normalized spacial score (nSPS) is 10.6. The van der Waals surface area contributed by atoms with Gasteiger partial charge in [0, 0.05) is 41.4 Å². The van der Waals surface area contributed by atoms with Gasteiger partial charge in [-0.1, -0.05) is 35.3 Å². The second-order valence-corrected chi connectivity index (χ2v) is 8.06. The molecule has 3 rings (SSSR count). The highest BCUT2D eigenvalue weighted by molar-refractivity contribution is 6.33. The summed E-state index contributed by atoms with van der Waals surface area (Å²) < 4.78 is 5.79. The third-order valence-electron chi connectivity index (χ3n) is 4.94. The number of primary amides is 1. The monoisotopic (exact) mass is 471 g/mol. The largest absolute Gasteiger partial charge is 0.491 e. The van der Waals surface area contributed by atoms with Gasteiger partial charge in [-0.15, -0.1) is 0 Å². The average molecular weight is 472 g/mol. The summed E-state index contributed by atoms with van der Waals surface area (Å²) in [6.07, 6.45) is 2.38. The van der Waals surface area contributed by atoms with Crippen molar-refractivity contribution in [3.05, 3.63) is 76.0 Å². The fourth-order valence-corrected chi connectivity index (χ4v) is 3.69. The lowest BCUT2D eigenvalue weighted by Crippen LogP contribution is -2.26. The molecule has 0 saturated carbocycles. The molecule has 0 aliphatic carbocycles. The zero-order chi connectivity index (χ0) is 23.3. The van der Waals surface area contributed by atoms with Gasteiger partial charge in [0.25, 0.3) is 5.91 Å². The molecular formula is C24H23Cl2N3O3. The Morgan fingerprint density at radius 3 is 2.56 bits per heavy atom. The number of amides is 2. The zero-order valence-corrected chi connectivity index (χ0v) is 19.3. The van der Waals surface area contributed by atoms with Crippen molar-refractivity contribution in [3.63, 3.8) is 0 Å². The quantitative estimate of drug-likeness (QED) is 0.357. The molecule has 0 bridgehead atoms. The third kappa shape index (κ3) is 5.58. The number of anilines is 1. The Hall–Kier alpha value is -3.09. The van der Waals surface area contributed by atoms with Gasteiger partial charge in [0.05, 0.1) is 12.3 Å². The predicted octanol–water partition coefficient (Wildman–Crippen LogP) is 5.28. The number of benzene rings is 2. The Labute approximate surface area is 196 Å². The number of aromatic nitrogens is 1. The van der Waals surface area contributed by atoms with Gasteiger partial charge < -0.3 is 15.4 Å². The van der Waals surface area contributed by atoms with E-state index in [0.717, 1.165) is 11.1 Å². The maximum Gasteiger partial charge on any atom is 0.258 e. The second-order valence-electron chi connectivity index (χ2n) is 7.27. The van der Waals surface area contributed by atoms with E-state index in [-0.39, 0.29) is 18.2 Å². The standard InChI is InChI=1S/C24H23Cl2N3O3/c1-15-12-22(26)28-14-18(15)17-13-16(9-10-19(17)25)24(31)29(2)20-6-3-4-7-21(20)32-11-5-8-23(27)30/h3-4,6-7,9-10,12-14H,5,8,11H2,1-2H3,(H2,27,30). The summed E-state index contributed by atoms with van der Waals surface area (Å²) in [6.45, 7) is 2.22. The van der Waals surface area contributed by atoms with Crippen molar-refractivity contribution in [1.82, 2.24) is 4.98 Å². The molecule has 1 aromatic heterocycles. The first-order valence-corrected chi connectivity index (χ1v) is 10.7. The Morgan fingerprint density at radius 1 is 1.09 bits per heavy atom. The summed E-state index contributed by atoms with van der Waals surface area (Å²) in [5.74, 6) is -0.0609. The van der Waals surface area contributed by atoms with Gasteiger partial charge in [-0.2, -0.15) is 0 Å². The van der Waals surface area contributed by atoms with Crippen LogP contribution < -0.4 is 15.4 Å². The second kappa shape index (κ2) is 10.5. The van der Waals surface area contributed by atoms with E-state index in [9.17, 15) is 9.59 Å². The van der Waals surface area contributed by atoms with Gasteiger partial charge in [-0.25, -0.2) is 4.98 Å². The first-order chi connectivity index (χ1) is 15.3. The van der Waals surface area contributed by atoms with Gasteiger partial charge >= 0.3 is 0 Å². The van der Waals surface area contributed by atoms with Crippen LogP contribution in [0.4, 0.5) is 5.69 Å². The number of nitrogens with two attached hydrogens (primary N) is 1. The molecule has 2 amide bonds. The Kier molecular flexibility index (Phi) is 7.72. The highest BCUT2D eigenvalue weighted by Gasteiger charge is 2.19. The summed E-state index contributed by atoms with van der Waals surface area (Å²) in [4.78, 5) is 29.9. The van der Waals surface area contributed by atoms with E-state index in [1.807, 2.05) is 19.1 Å². The number of aryl methyl sites for hydroxylation is 1. The maximum absolute atomic E-state index is 13.3. The average Bonchev–Trinajstić information content (AvgIpc) is 2.76. The molecule has 0 aliphatic heterocycles. The molecule has 1 heterocycles. The van der Waals surface area contributed by atoms with Crippen LogP contribution in [0.2, 0.25) is 10.2 Å². The van der Waals surface area contributed by atoms with Gasteiger partial charge in [0.15, 0.2) is 0 Å². The SMILES string of the molecule is Cc1cc(Cl)ncc1-c1cc(C(=O)N(C)c2ccccc2OCCCC(N)=O)ccc1Cl. The van der Waals surface area contributed by atoms with Crippen molar-refractivity contribution < 1.29 is 14.3 Å². The summed E-state index contributed by atoms with van der Waals surface area (Å²) in [7, 11) is 1.68. The van der Waals surface area contributed by atoms with Gasteiger partial charge in [0.2, 0.25) is 5.91 Å². The van der Waals surface area contributed by atoms with Crippen molar-refractivity contribution in [2.45, 2.75) is 19.8 Å². The number of ether oxygens (including phenoxy) is 1. The molecule has 0 spiro atoms. The van der Waals surface area contributed by atoms with Crippen molar-refractivity contribution >= 4 is 40.7 Å². The van der Waals surface area contributed by atoms with Gasteiger partial charge in [-0.05, 0) is 55.3 Å². The van der Waals surface area contributed by atoms with Crippen LogP contribution >= 0.6 is 23.2 Å². The molecule has 2 aromatic carbocycles. The summed E-state index contributed by atoms with van der Waals surface area (Å²) >= 11 is 12.4. The number of halogens is 2. The van der Waals surface area contributed by atoms with Crippen molar-refractivity contribution in [3.8, 4) is 16.9 Å². The van der Waals surface area contributed by atoms with E-state index in [2.05, 4.69) is 4.98 Å². The molecule has 0 fully saturated rings. The van der Waals surface area contributed by atoms with Gasteiger partial charge in [-0.3, -0.25) is 9.59 Å². The molecule has 166 valence electrons. The van der Waals surface area contributed by atoms with Crippen molar-refractivity contribution in [1.29, 1.82) is 0 Å². The molecule has 6 nitrogen and oxygen atoms in total. The number of nitrogens with zero attached hydrogens (tertiary/aromatic N) is 2. The number of carbonyl (C=O) groups excluding carboxylic acids is 2. The highest BCUT2D eigenvalue weighted by Crippen LogP contribution is 2.33. The van der Waals surface area contributed by atoms with Crippen LogP contribution in [0.1, 0.15) is 28.8 Å². The Bertz CT molecular complexity index is 1150. The first-order valence-electron chi connectivity index (χ1n) is 9.98. The fourth-order valence-electron chi connectivity index (χ4n) is 3.26. The van der Waals surface area contributed by atoms with E-state index in [4.69, 9.17) is 33.7 Å². The van der Waals surface area contributed by atoms with Crippen LogP contribution in [-0.4, -0.2) is 30.5 Å². The molecule has 0 aliphatic rings. The van der Waals surface area contributed by atoms with E-state index >= 15 is 0 Å². The minimum absolute atomic E-state index is 0.226. The zero-order valence-electron chi connectivity index (χ0n) is 17.8. The Morgan fingerprint density at radius 2 is 1.84 bits per heavy atom. The third-order valence-corrected chi connectivity index (χ3v) is 5.47. The van der Waals surface area contributed by atoms with Crippen LogP contribution in [0.25, 0.3) is 11.1 Å². The molecule has 2 N–H and O–H groups in total. The lowest BCUT2D eigenvalue weighted by molar-refractivity contribution is -0.118. The molecule has 3 aromatic rings. The van der Waals surface area contributed by atoms with Crippen LogP contribution in [-0.2, 0) is 4.79 Å². The highest BCUT2D eigenvalue weighted by atomic mass is 35.5. The van der Waals surface area contributed by atoms with Crippen LogP contribution in [0.3, 0.4) is 0 Å². The Balaban J connectivity index is 1.86. The van der Waals surface area contributed by atoms with E-state index < -0.39 is 0 Å². The van der Waals surface area contributed by atoms with E-state index in [1.165, 1.54) is 4.90 Å². The van der Waals surface area contributed by atoms with Gasteiger partial charge in [0.1, 0.15) is 10.9 Å². The number of pyridine rings is 1. The number of hydrogen-bond donors (Lipinski definition) is 1. The molecule has 0 unspecified atom stereocenters. The van der Waals surface area contributed by atoms with Crippen LogP contribution in [0.5, 0.6) is 5.75 Å². The van der Waals surface area contributed by atoms with E-state index in [1.54, 1.807) is 49.6 Å². The maximum atomic E-state index is 13.3. The molecular weight excluding hydrogens is 449 g/mol. The molecule has 0 atom stereocenters. The molecule has 8 heteroatoms. The number of carbonyl (C=O) groups is 2. The summed E-state index contributed by atoms with van der Waals surface area (Å²) in [6, 6.07) is 14.1. The fraction of sp³-hybridized carbons (Fsp3) is 0.208.